The second-order valence-electron chi connectivity index (χ2n) is 8.08. The van der Waals surface area contributed by atoms with Crippen molar-refractivity contribution in [3.63, 3.8) is 0 Å². The molecule has 30 heavy (non-hydrogen) atoms. The molecule has 5 heterocycles. The van der Waals surface area contributed by atoms with E-state index < -0.39 is 6.04 Å². The molecule has 0 saturated carbocycles. The van der Waals surface area contributed by atoms with Crippen molar-refractivity contribution in [3.05, 3.63) is 68.4 Å². The van der Waals surface area contributed by atoms with Crippen LogP contribution in [0.15, 0.2) is 44.3 Å². The molecule has 1 N–H and O–H groups in total. The summed E-state index contributed by atoms with van der Waals surface area (Å²) in [4.78, 5) is 32.6. The van der Waals surface area contributed by atoms with Gasteiger partial charge in [0.1, 0.15) is 6.04 Å². The summed E-state index contributed by atoms with van der Waals surface area (Å²) in [5, 5.41) is 10.9. The number of hydrogen-bond donors (Lipinski definition) is 1. The minimum atomic E-state index is -0.518. The number of amides is 1. The van der Waals surface area contributed by atoms with Crippen LogP contribution in [0.5, 0.6) is 0 Å². The van der Waals surface area contributed by atoms with E-state index in [9.17, 15) is 9.59 Å². The minimum absolute atomic E-state index is 0.0443. The fraction of sp³-hybridized carbons (Fsp3) is 0.429. The van der Waals surface area contributed by atoms with E-state index in [0.29, 0.717) is 31.3 Å². The zero-order valence-electron chi connectivity index (χ0n) is 16.7. The maximum absolute atomic E-state index is 13.2. The van der Waals surface area contributed by atoms with E-state index in [1.165, 1.54) is 0 Å². The first-order chi connectivity index (χ1) is 14.6. The first kappa shape index (κ1) is 19.2. The van der Waals surface area contributed by atoms with Crippen LogP contribution in [0.1, 0.15) is 41.4 Å². The molecular formula is C21H23N5O3S. The van der Waals surface area contributed by atoms with Crippen LogP contribution in [0.25, 0.3) is 0 Å². The number of hydrogen-bond acceptors (Lipinski definition) is 7. The average Bonchev–Trinajstić information content (AvgIpc) is 3.39. The van der Waals surface area contributed by atoms with Crippen molar-refractivity contribution < 1.29 is 9.32 Å². The lowest BCUT2D eigenvalue weighted by atomic mass is 9.78. The van der Waals surface area contributed by atoms with Gasteiger partial charge in [0, 0.05) is 43.2 Å². The summed E-state index contributed by atoms with van der Waals surface area (Å²) in [6, 6.07) is 6.78. The highest BCUT2D eigenvalue weighted by molar-refractivity contribution is 7.07. The molecule has 0 spiro atoms. The zero-order valence-corrected chi connectivity index (χ0v) is 17.5. The molecule has 3 aromatic rings. The van der Waals surface area contributed by atoms with Crippen LogP contribution in [-0.2, 0) is 17.9 Å². The molecule has 0 radical (unpaired) electrons. The van der Waals surface area contributed by atoms with E-state index in [2.05, 4.69) is 20.4 Å². The molecule has 3 atom stereocenters. The third kappa shape index (κ3) is 3.59. The number of piperidine rings is 1. The molecule has 2 aliphatic rings. The van der Waals surface area contributed by atoms with Crippen LogP contribution < -0.4 is 10.9 Å². The first-order valence-corrected chi connectivity index (χ1v) is 11.0. The number of thiophene rings is 1. The molecule has 156 valence electrons. The summed E-state index contributed by atoms with van der Waals surface area (Å²) < 4.78 is 7.01. The normalized spacial score (nSPS) is 23.2. The maximum Gasteiger partial charge on any atom is 0.251 e. The van der Waals surface area contributed by atoms with E-state index in [1.54, 1.807) is 35.0 Å². The summed E-state index contributed by atoms with van der Waals surface area (Å²) in [5.74, 6) is 1.33. The van der Waals surface area contributed by atoms with Crippen molar-refractivity contribution in [2.75, 3.05) is 13.1 Å². The molecular weight excluding hydrogens is 402 g/mol. The Hall–Kier alpha value is -2.78. The Morgan fingerprint density at radius 3 is 3.00 bits per heavy atom. The molecule has 1 fully saturated rings. The van der Waals surface area contributed by atoms with E-state index in [0.717, 1.165) is 24.2 Å². The van der Waals surface area contributed by atoms with E-state index in [1.807, 2.05) is 22.9 Å². The Balaban J connectivity index is 1.43. The number of carbonyl (C=O) groups excluding carboxylic acids is 1. The van der Waals surface area contributed by atoms with Crippen molar-refractivity contribution in [1.29, 1.82) is 0 Å². The number of nitrogens with zero attached hydrogens (tertiary/aromatic N) is 4. The quantitative estimate of drug-likeness (QED) is 0.673. The minimum Gasteiger partial charge on any atom is -0.350 e. The van der Waals surface area contributed by atoms with Gasteiger partial charge in [0.05, 0.1) is 6.54 Å². The predicted octanol–water partition coefficient (Wildman–Crippen LogP) is 2.08. The molecule has 1 amide bonds. The Morgan fingerprint density at radius 1 is 1.33 bits per heavy atom. The van der Waals surface area contributed by atoms with Crippen molar-refractivity contribution in [2.24, 2.45) is 5.92 Å². The lowest BCUT2D eigenvalue weighted by molar-refractivity contribution is -0.128. The molecule has 8 nitrogen and oxygen atoms in total. The standard InChI is InChI=1S/C21H23N5O3S/c1-13-23-18(29-24-13)11-25-9-15-7-16(10-25)20(26-17(15)3-2-4-19(26)27)21(28)22-8-14-5-6-30-12-14/h2-6,12,15-16,20H,7-11H2,1H3,(H,22,28)/t15-,16+,20-/m1/s1. The van der Waals surface area contributed by atoms with Gasteiger partial charge in [-0.1, -0.05) is 11.2 Å². The van der Waals surface area contributed by atoms with Gasteiger partial charge in [-0.25, -0.2) is 0 Å². The van der Waals surface area contributed by atoms with Crippen molar-refractivity contribution in [3.8, 4) is 0 Å². The lowest BCUT2D eigenvalue weighted by Crippen LogP contribution is -2.53. The summed E-state index contributed by atoms with van der Waals surface area (Å²) >= 11 is 1.60. The monoisotopic (exact) mass is 425 g/mol. The van der Waals surface area contributed by atoms with Crippen LogP contribution in [0, 0.1) is 12.8 Å². The van der Waals surface area contributed by atoms with Crippen LogP contribution in [-0.4, -0.2) is 38.6 Å². The van der Waals surface area contributed by atoms with Crippen LogP contribution in [0.4, 0.5) is 0 Å². The third-order valence-electron chi connectivity index (χ3n) is 5.97. The molecule has 5 rings (SSSR count). The van der Waals surface area contributed by atoms with Gasteiger partial charge in [0.15, 0.2) is 5.82 Å². The van der Waals surface area contributed by atoms with Crippen LogP contribution in [0.3, 0.4) is 0 Å². The van der Waals surface area contributed by atoms with Gasteiger partial charge in [-0.05, 0) is 41.8 Å². The number of rotatable bonds is 5. The van der Waals surface area contributed by atoms with Gasteiger partial charge in [0.2, 0.25) is 11.8 Å². The lowest BCUT2D eigenvalue weighted by Gasteiger charge is -2.46. The van der Waals surface area contributed by atoms with E-state index in [-0.39, 0.29) is 23.3 Å². The van der Waals surface area contributed by atoms with Crippen molar-refractivity contribution in [2.45, 2.75) is 38.4 Å². The van der Waals surface area contributed by atoms with Crippen molar-refractivity contribution in [1.82, 2.24) is 24.9 Å². The SMILES string of the molecule is Cc1noc(CN2C[C@H]3C[C@@H](C2)[C@H](C(=O)NCc2ccsc2)n2c3cccc2=O)n1. The van der Waals surface area contributed by atoms with E-state index in [4.69, 9.17) is 4.52 Å². The summed E-state index contributed by atoms with van der Waals surface area (Å²) in [6.45, 7) is 4.32. The van der Waals surface area contributed by atoms with Crippen LogP contribution >= 0.6 is 11.3 Å². The molecule has 2 bridgehead atoms. The number of carbonyl (C=O) groups is 1. The third-order valence-corrected chi connectivity index (χ3v) is 6.70. The fourth-order valence-corrected chi connectivity index (χ4v) is 5.45. The fourth-order valence-electron chi connectivity index (χ4n) is 4.78. The Bertz CT molecular complexity index is 1110. The predicted molar refractivity (Wildman–Crippen MR) is 111 cm³/mol. The Morgan fingerprint density at radius 2 is 2.23 bits per heavy atom. The van der Waals surface area contributed by atoms with Gasteiger partial charge in [0.25, 0.3) is 5.56 Å². The highest BCUT2D eigenvalue weighted by Gasteiger charge is 2.43. The average molecular weight is 426 g/mol. The number of pyridine rings is 1. The highest BCUT2D eigenvalue weighted by atomic mass is 32.1. The molecule has 1 saturated heterocycles. The smallest absolute Gasteiger partial charge is 0.251 e. The molecule has 3 aromatic heterocycles. The van der Waals surface area contributed by atoms with Gasteiger partial charge in [-0.2, -0.15) is 16.3 Å². The zero-order chi connectivity index (χ0) is 20.7. The summed E-state index contributed by atoms with van der Waals surface area (Å²) in [6.07, 6.45) is 0.888. The van der Waals surface area contributed by atoms with Gasteiger partial charge >= 0.3 is 0 Å². The number of aromatic nitrogens is 3. The van der Waals surface area contributed by atoms with E-state index >= 15 is 0 Å². The number of nitrogens with one attached hydrogen (secondary N) is 1. The first-order valence-electron chi connectivity index (χ1n) is 10.1. The van der Waals surface area contributed by atoms with Gasteiger partial charge < -0.3 is 9.84 Å². The summed E-state index contributed by atoms with van der Waals surface area (Å²) in [5.41, 5.74) is 1.89. The Kier molecular flexibility index (Phi) is 5.00. The van der Waals surface area contributed by atoms with Crippen molar-refractivity contribution >= 4 is 17.2 Å². The highest BCUT2D eigenvalue weighted by Crippen LogP contribution is 2.41. The topological polar surface area (TPSA) is 93.3 Å². The number of likely N-dealkylation sites (tertiary alicyclic amines) is 1. The van der Waals surface area contributed by atoms with Gasteiger partial charge in [-0.15, -0.1) is 0 Å². The Labute approximate surface area is 177 Å². The molecule has 0 unspecified atom stereocenters. The van der Waals surface area contributed by atoms with Gasteiger partial charge in [-0.3, -0.25) is 19.1 Å². The molecule has 9 heteroatoms. The van der Waals surface area contributed by atoms with Crippen LogP contribution in [0.2, 0.25) is 0 Å². The number of aryl methyl sites for hydroxylation is 1. The largest absolute Gasteiger partial charge is 0.350 e. The molecule has 0 aliphatic carbocycles. The second kappa shape index (κ2) is 7.81. The number of fused-ring (bicyclic) bond motifs is 4. The second-order valence-corrected chi connectivity index (χ2v) is 8.86. The maximum atomic E-state index is 13.2. The summed E-state index contributed by atoms with van der Waals surface area (Å²) in [7, 11) is 0. The molecule has 0 aromatic carbocycles. The molecule has 2 aliphatic heterocycles.